The monoisotopic (exact) mass is 441 g/mol. The molecular weight excluding hydrogens is 409 g/mol. The minimum absolute atomic E-state index is 0. The molecule has 0 aromatic rings. The molecule has 0 saturated carbocycles. The lowest BCUT2D eigenvalue weighted by Crippen LogP contribution is -3.00. The summed E-state index contributed by atoms with van der Waals surface area (Å²) in [5.41, 5.74) is 0.122. The van der Waals surface area contributed by atoms with Gasteiger partial charge in [-0.3, -0.25) is 0 Å². The van der Waals surface area contributed by atoms with Crippen LogP contribution in [0.25, 0.3) is 0 Å². The van der Waals surface area contributed by atoms with E-state index in [-0.39, 0.29) is 29.6 Å². The van der Waals surface area contributed by atoms with Crippen LogP contribution in [0.15, 0.2) is 38.0 Å². The summed E-state index contributed by atoms with van der Waals surface area (Å²) in [6, 6.07) is 0. The highest BCUT2D eigenvalue weighted by Gasteiger charge is 2.57. The van der Waals surface area contributed by atoms with Gasteiger partial charge in [0.1, 0.15) is 0 Å². The van der Waals surface area contributed by atoms with Crippen LogP contribution in [0.3, 0.4) is 0 Å². The number of rotatable bonds is 13. The summed E-state index contributed by atoms with van der Waals surface area (Å²) in [7, 11) is 2.23. The smallest absolute Gasteiger partial charge is 0.561 e. The van der Waals surface area contributed by atoms with E-state index in [1.807, 2.05) is 18.2 Å². The van der Waals surface area contributed by atoms with Crippen molar-refractivity contribution in [2.45, 2.75) is 25.4 Å². The lowest BCUT2D eigenvalue weighted by atomic mass is 10.2. The molecule has 0 bridgehead atoms. The van der Waals surface area contributed by atoms with Gasteiger partial charge in [0, 0.05) is 27.8 Å². The van der Waals surface area contributed by atoms with E-state index < -0.39 is 8.80 Å². The average molecular weight is 441 g/mol. The van der Waals surface area contributed by atoms with Crippen molar-refractivity contribution in [1.29, 1.82) is 0 Å². The van der Waals surface area contributed by atoms with Crippen LogP contribution in [-0.2, 0) is 13.3 Å². The van der Waals surface area contributed by atoms with Gasteiger partial charge < -0.3 is 41.7 Å². The first-order chi connectivity index (χ1) is 10.1. The maximum Gasteiger partial charge on any atom is 0.561 e. The molecular formula is C16H32INO3Si. The van der Waals surface area contributed by atoms with E-state index in [1.165, 1.54) is 0 Å². The van der Waals surface area contributed by atoms with Crippen LogP contribution in [0.1, 0.15) is 19.8 Å². The zero-order valence-corrected chi connectivity index (χ0v) is 17.7. The van der Waals surface area contributed by atoms with Crippen LogP contribution >= 0.6 is 0 Å². The van der Waals surface area contributed by atoms with E-state index in [9.17, 15) is 0 Å². The fourth-order valence-corrected chi connectivity index (χ4v) is 6.04. The summed E-state index contributed by atoms with van der Waals surface area (Å²) in [5, 5.41) is 0. The average Bonchev–Trinajstić information content (AvgIpc) is 2.49. The third kappa shape index (κ3) is 5.57. The van der Waals surface area contributed by atoms with Crippen LogP contribution in [0.5, 0.6) is 0 Å². The van der Waals surface area contributed by atoms with Crippen molar-refractivity contribution < 1.29 is 41.7 Å². The van der Waals surface area contributed by atoms with E-state index in [0.29, 0.717) is 0 Å². The highest BCUT2D eigenvalue weighted by Crippen LogP contribution is 2.29. The van der Waals surface area contributed by atoms with Crippen LogP contribution in [0.4, 0.5) is 0 Å². The summed E-state index contributed by atoms with van der Waals surface area (Å²) in [4.78, 5) is 0. The van der Waals surface area contributed by atoms with Gasteiger partial charge in [0.15, 0.2) is 5.67 Å². The highest BCUT2D eigenvalue weighted by molar-refractivity contribution is 6.62. The second kappa shape index (κ2) is 12.4. The molecule has 0 amide bonds. The third-order valence-electron chi connectivity index (χ3n) is 3.96. The first-order valence-corrected chi connectivity index (χ1v) is 9.20. The molecule has 0 fully saturated rings. The SMILES string of the molecule is C=CC[N+](CC=C)(CC=C)C(CCC)[Si](OC)(OC)OC.[I-]. The van der Waals surface area contributed by atoms with Crippen LogP contribution in [0, 0.1) is 0 Å². The Balaban J connectivity index is 0. The molecule has 6 heteroatoms. The Kier molecular flexibility index (Phi) is 13.7. The number of halogens is 1. The lowest BCUT2D eigenvalue weighted by Gasteiger charge is -2.47. The number of nitrogens with zero attached hydrogens (tertiary/aromatic N) is 1. The molecule has 0 aromatic carbocycles. The molecule has 0 N–H and O–H groups in total. The summed E-state index contributed by atoms with van der Waals surface area (Å²) < 4.78 is 18.0. The molecule has 0 aliphatic carbocycles. The van der Waals surface area contributed by atoms with Gasteiger partial charge in [0.25, 0.3) is 0 Å². The summed E-state index contributed by atoms with van der Waals surface area (Å²) in [6.45, 7) is 16.3. The topological polar surface area (TPSA) is 27.7 Å². The Morgan fingerprint density at radius 1 is 0.909 bits per heavy atom. The lowest BCUT2D eigenvalue weighted by molar-refractivity contribution is -0.927. The van der Waals surface area contributed by atoms with Crippen LogP contribution in [-0.4, -0.2) is 59.9 Å². The molecule has 22 heavy (non-hydrogen) atoms. The third-order valence-corrected chi connectivity index (χ3v) is 7.32. The maximum absolute atomic E-state index is 5.77. The van der Waals surface area contributed by atoms with E-state index >= 15 is 0 Å². The second-order valence-corrected chi connectivity index (χ2v) is 8.25. The maximum atomic E-state index is 5.77. The summed E-state index contributed by atoms with van der Waals surface area (Å²) in [5.74, 6) is 0. The highest BCUT2D eigenvalue weighted by atomic mass is 127. The largest absolute Gasteiger partial charge is 1.00 e. The molecule has 1 atom stereocenters. The van der Waals surface area contributed by atoms with E-state index in [2.05, 4.69) is 26.7 Å². The van der Waals surface area contributed by atoms with Gasteiger partial charge in [-0.05, 0) is 18.2 Å². The van der Waals surface area contributed by atoms with Gasteiger partial charge in [-0.25, -0.2) is 0 Å². The normalized spacial score (nSPS) is 13.1. The Bertz CT molecular complexity index is 301. The van der Waals surface area contributed by atoms with Crippen molar-refractivity contribution in [2.75, 3.05) is 41.0 Å². The molecule has 4 nitrogen and oxygen atoms in total. The summed E-state index contributed by atoms with van der Waals surface area (Å²) in [6.07, 6.45) is 7.81. The standard InChI is InChI=1S/C16H32NO3Si.HI/c1-8-12-16(21(18-5,19-6)20-7)17(13-9-2,14-10-3)15-11-4;/h9-11,16H,2-4,8,12-15H2,1,5-7H3;1H/q+1;/p-1. The molecule has 0 rings (SSSR count). The van der Waals surface area contributed by atoms with Gasteiger partial charge in [0.2, 0.25) is 0 Å². The van der Waals surface area contributed by atoms with Gasteiger partial charge >= 0.3 is 8.80 Å². The van der Waals surface area contributed by atoms with Crippen molar-refractivity contribution in [3.05, 3.63) is 38.0 Å². The van der Waals surface area contributed by atoms with E-state index in [0.717, 1.165) is 37.0 Å². The van der Waals surface area contributed by atoms with Crippen molar-refractivity contribution in [1.82, 2.24) is 0 Å². The van der Waals surface area contributed by atoms with Crippen LogP contribution < -0.4 is 24.0 Å². The molecule has 0 heterocycles. The molecule has 0 aromatic heterocycles. The van der Waals surface area contributed by atoms with Crippen molar-refractivity contribution in [2.24, 2.45) is 0 Å². The first-order valence-electron chi connectivity index (χ1n) is 7.40. The fraction of sp³-hybridized carbons (Fsp3) is 0.625. The van der Waals surface area contributed by atoms with Crippen molar-refractivity contribution in [3.63, 3.8) is 0 Å². The molecule has 1 unspecified atom stereocenters. The zero-order chi connectivity index (χ0) is 16.4. The summed E-state index contributed by atoms with van der Waals surface area (Å²) >= 11 is 0. The Morgan fingerprint density at radius 2 is 1.27 bits per heavy atom. The van der Waals surface area contributed by atoms with Gasteiger partial charge in [-0.2, -0.15) is 0 Å². The Labute approximate surface area is 154 Å². The van der Waals surface area contributed by atoms with Gasteiger partial charge in [0.05, 0.1) is 19.6 Å². The van der Waals surface area contributed by atoms with Gasteiger partial charge in [-0.1, -0.05) is 33.1 Å². The molecule has 130 valence electrons. The van der Waals surface area contributed by atoms with E-state index in [4.69, 9.17) is 13.3 Å². The van der Waals surface area contributed by atoms with Gasteiger partial charge in [-0.15, -0.1) is 0 Å². The molecule has 0 saturated heterocycles. The molecule has 0 radical (unpaired) electrons. The zero-order valence-electron chi connectivity index (χ0n) is 14.5. The fourth-order valence-electron chi connectivity index (χ4n) is 3.09. The minimum Gasteiger partial charge on any atom is -1.00 e. The number of hydrogen-bond donors (Lipinski definition) is 0. The minimum atomic E-state index is -2.79. The first kappa shape index (κ1) is 24.3. The van der Waals surface area contributed by atoms with E-state index in [1.54, 1.807) is 21.3 Å². The number of quaternary nitrogens is 1. The molecule has 0 aliphatic heterocycles. The molecule has 0 aliphatic rings. The predicted octanol–water partition coefficient (Wildman–Crippen LogP) is -0.0488. The van der Waals surface area contributed by atoms with Crippen LogP contribution in [0.2, 0.25) is 0 Å². The quantitative estimate of drug-likeness (QED) is 0.174. The predicted molar refractivity (Wildman–Crippen MR) is 90.9 cm³/mol. The Hall–Kier alpha value is 0.00688. The van der Waals surface area contributed by atoms with Crippen molar-refractivity contribution in [3.8, 4) is 0 Å². The van der Waals surface area contributed by atoms with Crippen molar-refractivity contribution >= 4 is 8.80 Å². The number of hydrogen-bond acceptors (Lipinski definition) is 3. The second-order valence-electron chi connectivity index (χ2n) is 5.15. The Morgan fingerprint density at radius 3 is 1.50 bits per heavy atom. The molecule has 0 spiro atoms.